The minimum Gasteiger partial charge on any atom is -0.492 e. The molecule has 1 aliphatic carbocycles. The van der Waals surface area contributed by atoms with E-state index in [1.165, 1.54) is 25.0 Å². The molecule has 1 atom stereocenters. The predicted molar refractivity (Wildman–Crippen MR) is 145 cm³/mol. The normalized spacial score (nSPS) is 17.0. The molecule has 38 heavy (non-hydrogen) atoms. The highest BCUT2D eigenvalue weighted by Gasteiger charge is 2.26. The van der Waals surface area contributed by atoms with Gasteiger partial charge in [-0.25, -0.2) is 9.37 Å². The summed E-state index contributed by atoms with van der Waals surface area (Å²) in [6.07, 6.45) is 2.36. The summed E-state index contributed by atoms with van der Waals surface area (Å²) < 4.78 is 25.0. The van der Waals surface area contributed by atoms with E-state index in [9.17, 15) is 4.39 Å². The minimum absolute atomic E-state index is 0.146. The number of aromatic amines is 1. The van der Waals surface area contributed by atoms with Crippen LogP contribution < -0.4 is 15.8 Å². The number of morpholine rings is 1. The monoisotopic (exact) mass is 517 g/mol. The summed E-state index contributed by atoms with van der Waals surface area (Å²) in [6.45, 7) is 6.67. The summed E-state index contributed by atoms with van der Waals surface area (Å²) in [5, 5.41) is 11.8. The molecule has 2 aromatic heterocycles. The first kappa shape index (κ1) is 24.6. The molecule has 9 nitrogen and oxygen atoms in total. The van der Waals surface area contributed by atoms with Gasteiger partial charge in [0.15, 0.2) is 0 Å². The van der Waals surface area contributed by atoms with E-state index >= 15 is 0 Å². The zero-order valence-corrected chi connectivity index (χ0v) is 21.4. The van der Waals surface area contributed by atoms with E-state index in [0.717, 1.165) is 60.7 Å². The quantitative estimate of drug-likeness (QED) is 0.297. The Kier molecular flexibility index (Phi) is 6.82. The molecule has 10 heteroatoms. The summed E-state index contributed by atoms with van der Waals surface area (Å²) in [7, 11) is 0. The maximum absolute atomic E-state index is 13.4. The van der Waals surface area contributed by atoms with Crippen LogP contribution in [0.4, 0.5) is 16.2 Å². The lowest BCUT2D eigenvalue weighted by molar-refractivity contribution is 0.0322. The molecule has 2 aliphatic rings. The van der Waals surface area contributed by atoms with Crippen LogP contribution in [0.2, 0.25) is 0 Å². The third kappa shape index (κ3) is 5.41. The maximum atomic E-state index is 13.4. The number of rotatable bonds is 9. The summed E-state index contributed by atoms with van der Waals surface area (Å²) >= 11 is 0. The molecule has 2 fully saturated rings. The van der Waals surface area contributed by atoms with E-state index in [-0.39, 0.29) is 11.9 Å². The Morgan fingerprint density at radius 2 is 1.95 bits per heavy atom. The van der Waals surface area contributed by atoms with Gasteiger partial charge in [0, 0.05) is 42.9 Å². The van der Waals surface area contributed by atoms with Gasteiger partial charge in [-0.2, -0.15) is 10.1 Å². The molecule has 0 radical (unpaired) electrons. The van der Waals surface area contributed by atoms with Crippen LogP contribution in [-0.2, 0) is 4.74 Å². The summed E-state index contributed by atoms with van der Waals surface area (Å²) in [6, 6.07) is 12.2. The van der Waals surface area contributed by atoms with E-state index in [4.69, 9.17) is 20.2 Å². The Hall–Kier alpha value is -3.76. The van der Waals surface area contributed by atoms with Crippen LogP contribution in [-0.4, -0.2) is 64.5 Å². The number of fused-ring (bicyclic) bond motifs is 1. The first-order chi connectivity index (χ1) is 18.5. The molecule has 0 bridgehead atoms. The number of nitrogens with one attached hydrogen (secondary N) is 2. The molecular weight excluding hydrogens is 485 g/mol. The van der Waals surface area contributed by atoms with Crippen molar-refractivity contribution in [2.75, 3.05) is 50.5 Å². The van der Waals surface area contributed by atoms with Crippen LogP contribution in [0.15, 0.2) is 42.5 Å². The number of nitrogens with zero attached hydrogens (tertiary/aromatic N) is 4. The lowest BCUT2D eigenvalue weighted by atomic mass is 10.0. The van der Waals surface area contributed by atoms with E-state index in [1.807, 2.05) is 19.1 Å². The SMILES string of the molecule is C[C@H](Nc1nc(N)c2c(-c3cc(C4CC4)[nH]n3)cc(OCCN3CCOCC3)cc2n1)c1ccc(F)cc1. The average Bonchev–Trinajstić information content (AvgIpc) is 3.65. The van der Waals surface area contributed by atoms with Gasteiger partial charge in [0.05, 0.1) is 35.9 Å². The van der Waals surface area contributed by atoms with Crippen LogP contribution in [0.3, 0.4) is 0 Å². The third-order valence-corrected chi connectivity index (χ3v) is 7.19. The van der Waals surface area contributed by atoms with Gasteiger partial charge in [-0.3, -0.25) is 10.00 Å². The van der Waals surface area contributed by atoms with Crippen molar-refractivity contribution in [3.05, 3.63) is 59.5 Å². The highest BCUT2D eigenvalue weighted by Crippen LogP contribution is 2.41. The molecule has 0 spiro atoms. The highest BCUT2D eigenvalue weighted by molar-refractivity contribution is 6.02. The largest absolute Gasteiger partial charge is 0.492 e. The molecule has 1 aliphatic heterocycles. The van der Waals surface area contributed by atoms with Crippen molar-refractivity contribution in [3.8, 4) is 17.0 Å². The molecule has 4 aromatic rings. The smallest absolute Gasteiger partial charge is 0.225 e. The Morgan fingerprint density at radius 3 is 2.71 bits per heavy atom. The van der Waals surface area contributed by atoms with Gasteiger partial charge in [0.1, 0.15) is 24.0 Å². The number of nitrogens with two attached hydrogens (primary N) is 1. The molecule has 0 amide bonds. The Balaban J connectivity index is 1.31. The molecule has 6 rings (SSSR count). The zero-order valence-electron chi connectivity index (χ0n) is 21.4. The number of nitrogen functional groups attached to an aromatic ring is 1. The van der Waals surface area contributed by atoms with Gasteiger partial charge in [-0.1, -0.05) is 12.1 Å². The second kappa shape index (κ2) is 10.5. The maximum Gasteiger partial charge on any atom is 0.225 e. The predicted octanol–water partition coefficient (Wildman–Crippen LogP) is 4.50. The summed E-state index contributed by atoms with van der Waals surface area (Å²) in [5.74, 6) is 1.72. The van der Waals surface area contributed by atoms with Crippen molar-refractivity contribution >= 4 is 22.7 Å². The third-order valence-electron chi connectivity index (χ3n) is 7.19. The number of halogens is 1. The number of hydrogen-bond acceptors (Lipinski definition) is 8. The van der Waals surface area contributed by atoms with Gasteiger partial charge in [-0.15, -0.1) is 0 Å². The fraction of sp³-hybridized carbons (Fsp3) is 0.393. The topological polar surface area (TPSA) is 114 Å². The van der Waals surface area contributed by atoms with E-state index in [0.29, 0.717) is 35.6 Å². The Bertz CT molecular complexity index is 1410. The Morgan fingerprint density at radius 1 is 1.16 bits per heavy atom. The highest BCUT2D eigenvalue weighted by atomic mass is 19.1. The molecular formula is C28H32FN7O2. The van der Waals surface area contributed by atoms with E-state index in [1.54, 1.807) is 12.1 Å². The Labute approximate surface area is 220 Å². The van der Waals surface area contributed by atoms with Crippen molar-refractivity contribution in [2.45, 2.75) is 31.7 Å². The van der Waals surface area contributed by atoms with Crippen molar-refractivity contribution in [1.29, 1.82) is 0 Å². The molecule has 4 N–H and O–H groups in total. The van der Waals surface area contributed by atoms with E-state index in [2.05, 4.69) is 31.5 Å². The van der Waals surface area contributed by atoms with Crippen LogP contribution in [0.1, 0.15) is 43.0 Å². The van der Waals surface area contributed by atoms with Gasteiger partial charge in [-0.05, 0) is 49.6 Å². The van der Waals surface area contributed by atoms with Crippen LogP contribution in [0, 0.1) is 5.82 Å². The first-order valence-corrected chi connectivity index (χ1v) is 13.2. The van der Waals surface area contributed by atoms with Gasteiger partial charge < -0.3 is 20.5 Å². The van der Waals surface area contributed by atoms with Crippen LogP contribution in [0.25, 0.3) is 22.2 Å². The van der Waals surface area contributed by atoms with Gasteiger partial charge in [0.2, 0.25) is 5.95 Å². The lowest BCUT2D eigenvalue weighted by Crippen LogP contribution is -2.38. The second-order valence-electron chi connectivity index (χ2n) is 10.0. The fourth-order valence-corrected chi connectivity index (χ4v) is 4.84. The number of hydrogen-bond donors (Lipinski definition) is 3. The van der Waals surface area contributed by atoms with Crippen molar-refractivity contribution < 1.29 is 13.9 Å². The molecule has 2 aromatic carbocycles. The van der Waals surface area contributed by atoms with Gasteiger partial charge >= 0.3 is 0 Å². The first-order valence-electron chi connectivity index (χ1n) is 13.2. The average molecular weight is 518 g/mol. The van der Waals surface area contributed by atoms with E-state index < -0.39 is 0 Å². The summed E-state index contributed by atoms with van der Waals surface area (Å²) in [5.41, 5.74) is 10.9. The molecule has 3 heterocycles. The molecule has 1 saturated heterocycles. The minimum atomic E-state index is -0.274. The van der Waals surface area contributed by atoms with Gasteiger partial charge in [0.25, 0.3) is 0 Å². The van der Waals surface area contributed by atoms with Crippen LogP contribution in [0.5, 0.6) is 5.75 Å². The second-order valence-corrected chi connectivity index (χ2v) is 10.0. The number of aromatic nitrogens is 4. The summed E-state index contributed by atoms with van der Waals surface area (Å²) in [4.78, 5) is 11.7. The molecule has 0 unspecified atom stereocenters. The standard InChI is InChI=1S/C28H32FN7O2/c1-17(18-4-6-20(29)7-5-18)31-28-32-25-15-21(38-13-10-36-8-11-37-12-9-36)14-22(26(25)27(30)33-28)24-16-23(34-35-24)19-2-3-19/h4-7,14-17,19H,2-3,8-13H2,1H3,(H,34,35)(H3,30,31,32,33)/t17-/m0/s1. The molecule has 1 saturated carbocycles. The number of anilines is 2. The van der Waals surface area contributed by atoms with Crippen molar-refractivity contribution in [3.63, 3.8) is 0 Å². The number of benzene rings is 2. The molecule has 198 valence electrons. The number of ether oxygens (including phenoxy) is 2. The zero-order chi connectivity index (χ0) is 26.1. The lowest BCUT2D eigenvalue weighted by Gasteiger charge is -2.26. The number of H-pyrrole nitrogens is 1. The van der Waals surface area contributed by atoms with Crippen molar-refractivity contribution in [1.82, 2.24) is 25.1 Å². The fourth-order valence-electron chi connectivity index (χ4n) is 4.84. The van der Waals surface area contributed by atoms with Crippen molar-refractivity contribution in [2.24, 2.45) is 0 Å². The van der Waals surface area contributed by atoms with Crippen LogP contribution >= 0.6 is 0 Å².